The van der Waals surface area contributed by atoms with Crippen LogP contribution in [-0.4, -0.2) is 10.7 Å². The van der Waals surface area contributed by atoms with Crippen molar-refractivity contribution in [1.29, 1.82) is 0 Å². The minimum absolute atomic E-state index is 0.660. The fraction of sp³-hybridized carbons (Fsp3) is 0.333. The van der Waals surface area contributed by atoms with E-state index < -0.39 is 5.60 Å². The van der Waals surface area contributed by atoms with Crippen LogP contribution in [0.25, 0.3) is 10.1 Å². The van der Waals surface area contributed by atoms with Crippen LogP contribution in [0, 0.1) is 0 Å². The normalized spacial score (nSPS) is 12.3. The molecule has 1 N–H and O–H groups in total. The molecule has 2 rings (SSSR count). The molecule has 1 aromatic carbocycles. The van der Waals surface area contributed by atoms with Crippen molar-refractivity contribution in [3.63, 3.8) is 0 Å². The fourth-order valence-corrected chi connectivity index (χ4v) is 2.96. The highest BCUT2D eigenvalue weighted by molar-refractivity contribution is 7.18. The first-order valence-electron chi connectivity index (χ1n) is 4.84. The van der Waals surface area contributed by atoms with Gasteiger partial charge in [-0.1, -0.05) is 23.7 Å². The van der Waals surface area contributed by atoms with E-state index in [4.69, 9.17) is 11.6 Å². The van der Waals surface area contributed by atoms with E-state index >= 15 is 0 Å². The minimum Gasteiger partial charge on any atom is -0.390 e. The lowest BCUT2D eigenvalue weighted by molar-refractivity contribution is 0.0814. The molecular formula is C12H13ClOS. The largest absolute Gasteiger partial charge is 0.390 e. The van der Waals surface area contributed by atoms with Crippen LogP contribution in [0.15, 0.2) is 23.6 Å². The summed E-state index contributed by atoms with van der Waals surface area (Å²) in [6.07, 6.45) is 0.660. The van der Waals surface area contributed by atoms with Crippen molar-refractivity contribution in [2.75, 3.05) is 0 Å². The average Bonchev–Trinajstić information content (AvgIpc) is 2.48. The molecule has 1 aromatic heterocycles. The number of hydrogen-bond acceptors (Lipinski definition) is 2. The predicted octanol–water partition coefficient (Wildman–Crippen LogP) is 3.87. The first-order chi connectivity index (χ1) is 6.97. The van der Waals surface area contributed by atoms with Crippen molar-refractivity contribution in [3.05, 3.63) is 34.2 Å². The van der Waals surface area contributed by atoms with Crippen molar-refractivity contribution in [3.8, 4) is 0 Å². The SMILES string of the molecule is CC(C)(O)Cc1csc2c(Cl)cccc12. The number of fused-ring (bicyclic) bond motifs is 1. The molecule has 15 heavy (non-hydrogen) atoms. The van der Waals surface area contributed by atoms with Crippen molar-refractivity contribution in [2.24, 2.45) is 0 Å². The van der Waals surface area contributed by atoms with Gasteiger partial charge in [-0.2, -0.15) is 0 Å². The summed E-state index contributed by atoms with van der Waals surface area (Å²) in [5.74, 6) is 0. The third kappa shape index (κ3) is 2.33. The number of thiophene rings is 1. The van der Waals surface area contributed by atoms with E-state index in [1.807, 2.05) is 26.0 Å². The second kappa shape index (κ2) is 3.78. The molecule has 0 fully saturated rings. The zero-order valence-electron chi connectivity index (χ0n) is 8.75. The fourth-order valence-electron chi connectivity index (χ4n) is 1.68. The molecular weight excluding hydrogens is 228 g/mol. The van der Waals surface area contributed by atoms with Crippen molar-refractivity contribution >= 4 is 33.0 Å². The topological polar surface area (TPSA) is 20.2 Å². The van der Waals surface area contributed by atoms with Gasteiger partial charge in [0, 0.05) is 6.42 Å². The Morgan fingerprint density at radius 3 is 2.80 bits per heavy atom. The van der Waals surface area contributed by atoms with Crippen molar-refractivity contribution < 1.29 is 5.11 Å². The molecule has 1 heterocycles. The van der Waals surface area contributed by atoms with Crippen molar-refractivity contribution in [2.45, 2.75) is 25.9 Å². The Kier molecular flexibility index (Phi) is 2.75. The molecule has 0 amide bonds. The van der Waals surface area contributed by atoms with Gasteiger partial charge in [0.05, 0.1) is 15.3 Å². The molecule has 0 aliphatic heterocycles. The molecule has 0 atom stereocenters. The van der Waals surface area contributed by atoms with Crippen LogP contribution in [0.4, 0.5) is 0 Å². The van der Waals surface area contributed by atoms with Crippen LogP contribution < -0.4 is 0 Å². The van der Waals surface area contributed by atoms with Crippen LogP contribution >= 0.6 is 22.9 Å². The Balaban J connectivity index is 2.50. The van der Waals surface area contributed by atoms with Gasteiger partial charge >= 0.3 is 0 Å². The van der Waals surface area contributed by atoms with Gasteiger partial charge in [0.1, 0.15) is 0 Å². The van der Waals surface area contributed by atoms with E-state index in [1.54, 1.807) is 11.3 Å². The summed E-state index contributed by atoms with van der Waals surface area (Å²) in [5.41, 5.74) is 0.501. The molecule has 3 heteroatoms. The van der Waals surface area contributed by atoms with Crippen LogP contribution in [0.1, 0.15) is 19.4 Å². The van der Waals surface area contributed by atoms with Crippen LogP contribution in [0.3, 0.4) is 0 Å². The first kappa shape index (κ1) is 10.9. The number of halogens is 1. The molecule has 0 saturated heterocycles. The third-order valence-electron chi connectivity index (χ3n) is 2.26. The highest BCUT2D eigenvalue weighted by Gasteiger charge is 2.16. The van der Waals surface area contributed by atoms with Gasteiger partial charge in [-0.25, -0.2) is 0 Å². The van der Waals surface area contributed by atoms with Crippen LogP contribution in [0.2, 0.25) is 5.02 Å². The molecule has 2 aromatic rings. The number of rotatable bonds is 2. The van der Waals surface area contributed by atoms with E-state index in [2.05, 4.69) is 11.4 Å². The third-order valence-corrected chi connectivity index (χ3v) is 3.76. The summed E-state index contributed by atoms with van der Waals surface area (Å²) >= 11 is 7.73. The summed E-state index contributed by atoms with van der Waals surface area (Å²) in [7, 11) is 0. The Morgan fingerprint density at radius 1 is 1.40 bits per heavy atom. The lowest BCUT2D eigenvalue weighted by atomic mass is 9.98. The average molecular weight is 241 g/mol. The van der Waals surface area contributed by atoms with E-state index in [9.17, 15) is 5.11 Å². The number of hydrogen-bond donors (Lipinski definition) is 1. The van der Waals surface area contributed by atoms with Gasteiger partial charge in [-0.15, -0.1) is 11.3 Å². The van der Waals surface area contributed by atoms with Crippen molar-refractivity contribution in [1.82, 2.24) is 0 Å². The molecule has 0 saturated carbocycles. The highest BCUT2D eigenvalue weighted by atomic mass is 35.5. The van der Waals surface area contributed by atoms with Crippen LogP contribution in [0.5, 0.6) is 0 Å². The summed E-state index contributed by atoms with van der Waals surface area (Å²) in [4.78, 5) is 0. The van der Waals surface area contributed by atoms with Crippen LogP contribution in [-0.2, 0) is 6.42 Å². The quantitative estimate of drug-likeness (QED) is 0.845. The zero-order chi connectivity index (χ0) is 11.1. The lowest BCUT2D eigenvalue weighted by Crippen LogP contribution is -2.21. The van der Waals surface area contributed by atoms with E-state index in [1.165, 1.54) is 5.56 Å². The predicted molar refractivity (Wildman–Crippen MR) is 66.8 cm³/mol. The molecule has 0 bridgehead atoms. The van der Waals surface area contributed by atoms with E-state index in [0.717, 1.165) is 15.1 Å². The Labute approximate surface area is 98.3 Å². The van der Waals surface area contributed by atoms with Gasteiger partial charge in [0.2, 0.25) is 0 Å². The number of aliphatic hydroxyl groups is 1. The maximum Gasteiger partial charge on any atom is 0.0632 e. The molecule has 0 unspecified atom stereocenters. The Bertz CT molecular complexity index is 482. The monoisotopic (exact) mass is 240 g/mol. The van der Waals surface area contributed by atoms with Gasteiger partial charge in [0.15, 0.2) is 0 Å². The first-order valence-corrected chi connectivity index (χ1v) is 6.10. The highest BCUT2D eigenvalue weighted by Crippen LogP contribution is 2.33. The molecule has 0 aliphatic carbocycles. The van der Waals surface area contributed by atoms with Gasteiger partial charge in [0.25, 0.3) is 0 Å². The Hall–Kier alpha value is -0.570. The molecule has 0 radical (unpaired) electrons. The summed E-state index contributed by atoms with van der Waals surface area (Å²) in [5, 5.41) is 13.8. The van der Waals surface area contributed by atoms with E-state index in [0.29, 0.717) is 6.42 Å². The molecule has 0 aliphatic rings. The maximum absolute atomic E-state index is 9.79. The molecule has 80 valence electrons. The number of benzene rings is 1. The maximum atomic E-state index is 9.79. The van der Waals surface area contributed by atoms with Gasteiger partial charge < -0.3 is 5.11 Å². The summed E-state index contributed by atoms with van der Waals surface area (Å²) in [6.45, 7) is 3.64. The zero-order valence-corrected chi connectivity index (χ0v) is 10.3. The molecule has 1 nitrogen and oxygen atoms in total. The minimum atomic E-state index is -0.670. The Morgan fingerprint density at radius 2 is 2.13 bits per heavy atom. The second-order valence-corrected chi connectivity index (χ2v) is 5.65. The van der Waals surface area contributed by atoms with E-state index in [-0.39, 0.29) is 0 Å². The second-order valence-electron chi connectivity index (χ2n) is 4.37. The summed E-state index contributed by atoms with van der Waals surface area (Å²) < 4.78 is 1.11. The summed E-state index contributed by atoms with van der Waals surface area (Å²) in [6, 6.07) is 5.90. The van der Waals surface area contributed by atoms with Gasteiger partial charge in [-0.3, -0.25) is 0 Å². The smallest absolute Gasteiger partial charge is 0.0632 e. The van der Waals surface area contributed by atoms with Gasteiger partial charge in [-0.05, 0) is 36.2 Å². The standard InChI is InChI=1S/C12H13ClOS/c1-12(2,14)6-8-7-15-11-9(8)4-3-5-10(11)13/h3-5,7,14H,6H2,1-2H3. The molecule has 0 spiro atoms. The lowest BCUT2D eigenvalue weighted by Gasteiger charge is -2.16.